The number of fused-ring (bicyclic) bond motifs is 1. The zero-order chi connectivity index (χ0) is 18.2. The summed E-state index contributed by atoms with van der Waals surface area (Å²) in [7, 11) is -3.92. The van der Waals surface area contributed by atoms with E-state index in [0.717, 1.165) is 5.56 Å². The molecule has 0 unspecified atom stereocenters. The van der Waals surface area contributed by atoms with E-state index < -0.39 is 22.9 Å². The predicted octanol–water partition coefficient (Wildman–Crippen LogP) is 3.18. The molecule has 3 rings (SSSR count). The van der Waals surface area contributed by atoms with E-state index in [0.29, 0.717) is 16.6 Å². The number of alkyl halides is 2. The number of hydrogen-bond acceptors (Lipinski definition) is 4. The number of rotatable bonds is 5. The molecule has 6 nitrogen and oxygen atoms in total. The Hall–Kier alpha value is -2.55. The molecule has 0 spiro atoms. The van der Waals surface area contributed by atoms with E-state index in [1.165, 1.54) is 19.3 Å². The molecule has 0 bridgehead atoms. The van der Waals surface area contributed by atoms with Gasteiger partial charge >= 0.3 is 0 Å². The van der Waals surface area contributed by atoms with Crippen LogP contribution in [0.3, 0.4) is 0 Å². The molecule has 2 N–H and O–H groups in total. The Labute approximate surface area is 143 Å². The maximum atomic E-state index is 12.6. The van der Waals surface area contributed by atoms with Gasteiger partial charge in [0, 0.05) is 35.4 Å². The number of nitrogens with one attached hydrogen (secondary N) is 2. The van der Waals surface area contributed by atoms with Gasteiger partial charge in [0.05, 0.1) is 0 Å². The smallest absolute Gasteiger partial charge is 0.266 e. The summed E-state index contributed by atoms with van der Waals surface area (Å²) in [6, 6.07) is 5.37. The van der Waals surface area contributed by atoms with Crippen molar-refractivity contribution >= 4 is 26.9 Å². The molecule has 0 fully saturated rings. The molecule has 0 amide bonds. The number of sulfonamides is 1. The Morgan fingerprint density at radius 3 is 2.72 bits per heavy atom. The summed E-state index contributed by atoms with van der Waals surface area (Å²) in [4.78, 5) is 10.8. The fourth-order valence-electron chi connectivity index (χ4n) is 2.52. The minimum atomic E-state index is -3.92. The molecule has 0 aliphatic carbocycles. The Bertz CT molecular complexity index is 1030. The average molecular weight is 366 g/mol. The van der Waals surface area contributed by atoms with Crippen LogP contribution in [-0.2, 0) is 16.4 Å². The highest BCUT2D eigenvalue weighted by atomic mass is 32.2. The maximum Gasteiger partial charge on any atom is 0.266 e. The van der Waals surface area contributed by atoms with Crippen LogP contribution in [0.2, 0.25) is 0 Å². The van der Waals surface area contributed by atoms with Crippen LogP contribution >= 0.6 is 0 Å². The number of benzene rings is 1. The van der Waals surface area contributed by atoms with Crippen molar-refractivity contribution < 1.29 is 17.2 Å². The third-order valence-electron chi connectivity index (χ3n) is 3.77. The number of H-pyrrole nitrogens is 1. The second-order valence-electron chi connectivity index (χ2n) is 5.71. The highest BCUT2D eigenvalue weighted by molar-refractivity contribution is 7.93. The first-order valence-electron chi connectivity index (χ1n) is 7.47. The molecule has 0 saturated heterocycles. The van der Waals surface area contributed by atoms with Crippen LogP contribution in [-0.4, -0.2) is 29.8 Å². The van der Waals surface area contributed by atoms with Crippen LogP contribution in [0.4, 0.5) is 14.7 Å². The first kappa shape index (κ1) is 17.3. The van der Waals surface area contributed by atoms with E-state index in [-0.39, 0.29) is 16.4 Å². The van der Waals surface area contributed by atoms with Crippen LogP contribution in [0, 0.1) is 13.8 Å². The lowest BCUT2D eigenvalue weighted by Gasteiger charge is -2.09. The zero-order valence-corrected chi connectivity index (χ0v) is 14.4. The first-order chi connectivity index (χ1) is 11.8. The van der Waals surface area contributed by atoms with Gasteiger partial charge in [0.1, 0.15) is 4.90 Å². The summed E-state index contributed by atoms with van der Waals surface area (Å²) in [5, 5.41) is 0.546. The fraction of sp³-hybridized carbons (Fsp3) is 0.250. The molecule has 9 heteroatoms. The van der Waals surface area contributed by atoms with Crippen molar-refractivity contribution in [2.45, 2.75) is 31.6 Å². The molecule has 25 heavy (non-hydrogen) atoms. The van der Waals surface area contributed by atoms with Crippen molar-refractivity contribution in [1.29, 1.82) is 0 Å². The van der Waals surface area contributed by atoms with Crippen LogP contribution in [0.5, 0.6) is 0 Å². The summed E-state index contributed by atoms with van der Waals surface area (Å²) >= 11 is 0. The summed E-state index contributed by atoms with van der Waals surface area (Å²) in [6.07, 6.45) is -0.379. The molecule has 0 atom stereocenters. The number of aromatic amines is 1. The van der Waals surface area contributed by atoms with E-state index in [1.54, 1.807) is 6.07 Å². The van der Waals surface area contributed by atoms with Crippen molar-refractivity contribution in [1.82, 2.24) is 15.0 Å². The molecule has 132 valence electrons. The van der Waals surface area contributed by atoms with Gasteiger partial charge < -0.3 is 4.98 Å². The molecular weight excluding hydrogens is 350 g/mol. The van der Waals surface area contributed by atoms with Crippen LogP contribution in [0.1, 0.15) is 16.8 Å². The van der Waals surface area contributed by atoms with Gasteiger partial charge in [-0.15, -0.1) is 0 Å². The van der Waals surface area contributed by atoms with Gasteiger partial charge in [0.2, 0.25) is 12.4 Å². The lowest BCUT2D eigenvalue weighted by atomic mass is 10.2. The van der Waals surface area contributed by atoms with E-state index in [1.807, 2.05) is 19.1 Å². The summed E-state index contributed by atoms with van der Waals surface area (Å²) in [5.74, 6) is -0.156. The predicted molar refractivity (Wildman–Crippen MR) is 90.3 cm³/mol. The molecule has 0 aliphatic heterocycles. The van der Waals surface area contributed by atoms with Gasteiger partial charge in [-0.3, -0.25) is 0 Å². The van der Waals surface area contributed by atoms with Crippen molar-refractivity contribution in [3.05, 3.63) is 47.4 Å². The molecule has 1 aromatic carbocycles. The zero-order valence-electron chi connectivity index (χ0n) is 13.5. The Morgan fingerprint density at radius 2 is 2.04 bits per heavy atom. The first-order valence-corrected chi connectivity index (χ1v) is 8.96. The lowest BCUT2D eigenvalue weighted by molar-refractivity contribution is 0.148. The Kier molecular flexibility index (Phi) is 4.42. The molecule has 0 radical (unpaired) electrons. The van der Waals surface area contributed by atoms with Crippen LogP contribution in [0.25, 0.3) is 10.9 Å². The van der Waals surface area contributed by atoms with Gasteiger partial charge in [-0.05, 0) is 31.0 Å². The van der Waals surface area contributed by atoms with Crippen molar-refractivity contribution in [3.8, 4) is 0 Å². The van der Waals surface area contributed by atoms with Crippen molar-refractivity contribution in [2.24, 2.45) is 0 Å². The van der Waals surface area contributed by atoms with Crippen LogP contribution < -0.4 is 4.72 Å². The number of hydrogen-bond donors (Lipinski definition) is 2. The van der Waals surface area contributed by atoms with E-state index in [4.69, 9.17) is 0 Å². The highest BCUT2D eigenvalue weighted by Gasteiger charge is 2.21. The minimum Gasteiger partial charge on any atom is -0.360 e. The number of halogens is 2. The lowest BCUT2D eigenvalue weighted by Crippen LogP contribution is -2.15. The number of aromatic nitrogens is 3. The molecule has 2 aromatic heterocycles. The second kappa shape index (κ2) is 6.40. The molecule has 2 heterocycles. The van der Waals surface area contributed by atoms with Gasteiger partial charge in [-0.1, -0.05) is 12.1 Å². The monoisotopic (exact) mass is 366 g/mol. The largest absolute Gasteiger partial charge is 0.360 e. The third-order valence-corrected chi connectivity index (χ3v) is 5.14. The Morgan fingerprint density at radius 1 is 1.28 bits per heavy atom. The minimum absolute atomic E-state index is 0.0698. The molecule has 3 aromatic rings. The second-order valence-corrected chi connectivity index (χ2v) is 7.36. The normalized spacial score (nSPS) is 12.0. The van der Waals surface area contributed by atoms with E-state index in [2.05, 4.69) is 19.7 Å². The number of anilines is 1. The SMILES string of the molecule is Cc1ccc2c(S(=O)(=O)Nc3ncc(CC(F)F)c(C)n3)c[nH]c2c1. The van der Waals surface area contributed by atoms with E-state index >= 15 is 0 Å². The molecular formula is C16H16F2N4O2S. The maximum absolute atomic E-state index is 12.6. The quantitative estimate of drug-likeness (QED) is 0.726. The van der Waals surface area contributed by atoms with Crippen molar-refractivity contribution in [3.63, 3.8) is 0 Å². The molecule has 0 saturated carbocycles. The fourth-order valence-corrected chi connectivity index (χ4v) is 3.65. The average Bonchev–Trinajstić information content (AvgIpc) is 2.93. The van der Waals surface area contributed by atoms with Crippen molar-refractivity contribution in [2.75, 3.05) is 4.72 Å². The standard InChI is InChI=1S/C16H16F2N4O2S/c1-9-3-4-12-13(5-9)19-8-14(12)25(23,24)22-16-20-7-11(6-15(17)18)10(2)21-16/h3-5,7-8,15,19H,6H2,1-2H3,(H,20,21,22). The summed E-state index contributed by atoms with van der Waals surface area (Å²) in [5.41, 5.74) is 2.28. The molecule has 0 aliphatic rings. The number of aryl methyl sites for hydroxylation is 2. The highest BCUT2D eigenvalue weighted by Crippen LogP contribution is 2.25. The Balaban J connectivity index is 1.92. The van der Waals surface area contributed by atoms with Gasteiger partial charge in [0.25, 0.3) is 10.0 Å². The number of nitrogens with zero attached hydrogens (tertiary/aromatic N) is 2. The summed E-state index contributed by atoms with van der Waals surface area (Å²) in [6.45, 7) is 3.44. The third kappa shape index (κ3) is 3.60. The van der Waals surface area contributed by atoms with Gasteiger partial charge in [0.15, 0.2) is 0 Å². The van der Waals surface area contributed by atoms with Gasteiger partial charge in [-0.2, -0.15) is 0 Å². The van der Waals surface area contributed by atoms with Gasteiger partial charge in [-0.25, -0.2) is 31.9 Å². The van der Waals surface area contributed by atoms with E-state index in [9.17, 15) is 17.2 Å². The van der Waals surface area contributed by atoms with Crippen LogP contribution in [0.15, 0.2) is 35.5 Å². The summed E-state index contributed by atoms with van der Waals surface area (Å²) < 4.78 is 52.4. The topological polar surface area (TPSA) is 87.7 Å².